The summed E-state index contributed by atoms with van der Waals surface area (Å²) in [6, 6.07) is 0. The van der Waals surface area contributed by atoms with Crippen molar-refractivity contribution in [1.82, 2.24) is 9.78 Å². The van der Waals surface area contributed by atoms with Gasteiger partial charge in [-0.15, -0.1) is 0 Å². The Bertz CT molecular complexity index is 356. The highest BCUT2D eigenvalue weighted by Gasteiger charge is 2.39. The Kier molecular flexibility index (Phi) is 2.50. The van der Waals surface area contributed by atoms with Gasteiger partial charge >= 0.3 is 12.1 Å². The number of aromatic nitrogens is 2. The molecule has 0 atom stereocenters. The van der Waals surface area contributed by atoms with Gasteiger partial charge in [-0.1, -0.05) is 0 Å². The Balaban J connectivity index is 3.23. The van der Waals surface area contributed by atoms with Gasteiger partial charge in [0.2, 0.25) is 0 Å². The first-order chi connectivity index (χ1) is 6.36. The zero-order valence-corrected chi connectivity index (χ0v) is 7.34. The predicted octanol–water partition coefficient (Wildman–Crippen LogP) is 1.03. The van der Waals surface area contributed by atoms with Crippen LogP contribution in [0.1, 0.15) is 16.1 Å². The van der Waals surface area contributed by atoms with Gasteiger partial charge in [0.25, 0.3) is 0 Å². The Morgan fingerprint density at radius 1 is 1.57 bits per heavy atom. The minimum absolute atomic E-state index is 0.706. The summed E-state index contributed by atoms with van der Waals surface area (Å²) in [4.78, 5) is 10.9. The lowest BCUT2D eigenvalue weighted by Crippen LogP contribution is -2.13. The molecule has 0 aliphatic carbocycles. The number of methoxy groups -OCH3 is 1. The van der Waals surface area contributed by atoms with E-state index in [1.807, 2.05) is 0 Å². The fourth-order valence-corrected chi connectivity index (χ4v) is 0.883. The number of aryl methyl sites for hydroxylation is 1. The molecule has 0 aliphatic heterocycles. The molecule has 1 heterocycles. The van der Waals surface area contributed by atoms with Crippen LogP contribution in [0.5, 0.6) is 0 Å². The van der Waals surface area contributed by atoms with Crippen LogP contribution < -0.4 is 0 Å². The molecule has 0 bridgehead atoms. The molecule has 0 N–H and O–H groups in total. The van der Waals surface area contributed by atoms with E-state index in [4.69, 9.17) is 0 Å². The normalized spacial score (nSPS) is 11.5. The fourth-order valence-electron chi connectivity index (χ4n) is 0.883. The quantitative estimate of drug-likeness (QED) is 0.646. The Morgan fingerprint density at radius 2 is 2.14 bits per heavy atom. The summed E-state index contributed by atoms with van der Waals surface area (Å²) in [5.41, 5.74) is -1.99. The van der Waals surface area contributed by atoms with E-state index in [0.29, 0.717) is 0 Å². The van der Waals surface area contributed by atoms with Crippen molar-refractivity contribution in [3.05, 3.63) is 17.5 Å². The molecule has 0 saturated heterocycles. The largest absolute Gasteiger partial charge is 0.465 e. The number of alkyl halides is 3. The van der Waals surface area contributed by atoms with E-state index in [0.717, 1.165) is 11.8 Å². The number of ether oxygens (including phenoxy) is 1. The Labute approximate surface area is 77.3 Å². The summed E-state index contributed by atoms with van der Waals surface area (Å²) in [6.07, 6.45) is -2.57. The van der Waals surface area contributed by atoms with Gasteiger partial charge in [-0.25, -0.2) is 4.79 Å². The molecule has 0 aliphatic rings. The topological polar surface area (TPSA) is 44.1 Å². The summed E-state index contributed by atoms with van der Waals surface area (Å²) < 4.78 is 41.7. The van der Waals surface area contributed by atoms with Crippen molar-refractivity contribution in [2.45, 2.75) is 6.18 Å². The van der Waals surface area contributed by atoms with E-state index < -0.39 is 23.4 Å². The molecule has 1 aromatic rings. The molecular weight excluding hydrogens is 201 g/mol. The summed E-state index contributed by atoms with van der Waals surface area (Å²) in [7, 11) is 2.23. The van der Waals surface area contributed by atoms with Gasteiger partial charge in [-0.05, 0) is 0 Å². The third-order valence-corrected chi connectivity index (χ3v) is 1.42. The lowest BCUT2D eigenvalue weighted by Gasteiger charge is -2.03. The molecule has 0 amide bonds. The lowest BCUT2D eigenvalue weighted by atomic mass is 10.2. The molecule has 0 fully saturated rings. The van der Waals surface area contributed by atoms with Crippen LogP contribution in [0.4, 0.5) is 13.2 Å². The molecule has 7 heteroatoms. The van der Waals surface area contributed by atoms with Crippen LogP contribution in [-0.2, 0) is 18.0 Å². The van der Waals surface area contributed by atoms with Crippen molar-refractivity contribution in [2.24, 2.45) is 7.05 Å². The van der Waals surface area contributed by atoms with Gasteiger partial charge in [0.1, 0.15) is 11.8 Å². The number of nitrogens with zero attached hydrogens (tertiary/aromatic N) is 2. The van der Waals surface area contributed by atoms with Crippen LogP contribution >= 0.6 is 0 Å². The second kappa shape index (κ2) is 3.32. The van der Waals surface area contributed by atoms with Gasteiger partial charge < -0.3 is 4.74 Å². The summed E-state index contributed by atoms with van der Waals surface area (Å²) >= 11 is 0. The highest BCUT2D eigenvalue weighted by Crippen LogP contribution is 2.30. The van der Waals surface area contributed by atoms with Gasteiger partial charge in [-0.3, -0.25) is 4.68 Å². The molecule has 1 radical (unpaired) electrons. The number of carbonyl (C=O) groups excluding carboxylic acids is 1. The molecule has 77 valence electrons. The van der Waals surface area contributed by atoms with Crippen molar-refractivity contribution < 1.29 is 22.7 Å². The Morgan fingerprint density at radius 3 is 2.57 bits per heavy atom. The zero-order chi connectivity index (χ0) is 10.9. The second-order valence-corrected chi connectivity index (χ2v) is 2.45. The molecule has 14 heavy (non-hydrogen) atoms. The summed E-state index contributed by atoms with van der Waals surface area (Å²) in [5.74, 6) is -1.11. The van der Waals surface area contributed by atoms with Crippen molar-refractivity contribution in [3.8, 4) is 0 Å². The van der Waals surface area contributed by atoms with E-state index in [-0.39, 0.29) is 0 Å². The van der Waals surface area contributed by atoms with Crippen molar-refractivity contribution in [1.29, 1.82) is 0 Å². The van der Waals surface area contributed by atoms with Gasteiger partial charge in [-0.2, -0.15) is 18.3 Å². The van der Waals surface area contributed by atoms with Gasteiger partial charge in [0, 0.05) is 7.05 Å². The maximum atomic E-state index is 12.3. The second-order valence-electron chi connectivity index (χ2n) is 2.45. The highest BCUT2D eigenvalue weighted by molar-refractivity contribution is 5.90. The van der Waals surface area contributed by atoms with Crippen LogP contribution in [0.2, 0.25) is 0 Å². The van der Waals surface area contributed by atoms with Crippen molar-refractivity contribution in [3.63, 3.8) is 0 Å². The number of halogens is 3. The van der Waals surface area contributed by atoms with Crippen LogP contribution in [0.3, 0.4) is 0 Å². The first kappa shape index (κ1) is 10.6. The first-order valence-electron chi connectivity index (χ1n) is 3.48. The molecular formula is C7H6F3N2O2. The van der Waals surface area contributed by atoms with Crippen molar-refractivity contribution >= 4 is 5.97 Å². The lowest BCUT2D eigenvalue weighted by molar-refractivity contribution is -0.142. The minimum Gasteiger partial charge on any atom is -0.465 e. The van der Waals surface area contributed by atoms with E-state index in [2.05, 4.69) is 16.0 Å². The monoisotopic (exact) mass is 207 g/mol. The van der Waals surface area contributed by atoms with E-state index >= 15 is 0 Å². The number of esters is 1. The van der Waals surface area contributed by atoms with E-state index in [1.54, 1.807) is 0 Å². The third-order valence-electron chi connectivity index (χ3n) is 1.42. The molecule has 1 aromatic heterocycles. The number of hydrogen-bond acceptors (Lipinski definition) is 3. The van der Waals surface area contributed by atoms with Crippen molar-refractivity contribution in [2.75, 3.05) is 7.11 Å². The smallest absolute Gasteiger partial charge is 0.436 e. The fraction of sp³-hybridized carbons (Fsp3) is 0.429. The predicted molar refractivity (Wildman–Crippen MR) is 38.4 cm³/mol. The molecule has 0 spiro atoms. The van der Waals surface area contributed by atoms with E-state index in [1.165, 1.54) is 7.05 Å². The average molecular weight is 207 g/mol. The zero-order valence-electron chi connectivity index (χ0n) is 7.34. The van der Waals surface area contributed by atoms with Gasteiger partial charge in [0.05, 0.1) is 7.11 Å². The third kappa shape index (κ3) is 1.86. The molecule has 0 aromatic carbocycles. The first-order valence-corrected chi connectivity index (χ1v) is 3.48. The van der Waals surface area contributed by atoms with Crippen LogP contribution in [0, 0.1) is 6.20 Å². The SMILES string of the molecule is COC(=O)c1[c]n(C)nc1C(F)(F)F. The van der Waals surface area contributed by atoms with Crippen LogP contribution in [-0.4, -0.2) is 22.9 Å². The maximum absolute atomic E-state index is 12.3. The number of hydrogen-bond donors (Lipinski definition) is 0. The highest BCUT2D eigenvalue weighted by atomic mass is 19.4. The van der Waals surface area contributed by atoms with Crippen LogP contribution in [0.25, 0.3) is 0 Å². The number of carbonyl (C=O) groups is 1. The molecule has 1 rings (SSSR count). The van der Waals surface area contributed by atoms with Gasteiger partial charge in [0.15, 0.2) is 5.69 Å². The molecule has 0 saturated carbocycles. The number of rotatable bonds is 1. The average Bonchev–Trinajstić information content (AvgIpc) is 2.45. The Hall–Kier alpha value is -1.53. The van der Waals surface area contributed by atoms with Crippen LogP contribution in [0.15, 0.2) is 0 Å². The van der Waals surface area contributed by atoms with E-state index in [9.17, 15) is 18.0 Å². The minimum atomic E-state index is -4.68. The molecule has 4 nitrogen and oxygen atoms in total. The summed E-state index contributed by atoms with van der Waals surface area (Å²) in [6.45, 7) is 0. The summed E-state index contributed by atoms with van der Waals surface area (Å²) in [5, 5.41) is 3.09. The standard InChI is InChI=1S/C7H6F3N2O2/c1-12-3-4(6(13)14-2)5(11-12)7(8,9)10/h1-2H3. The molecule has 0 unspecified atom stereocenters. The maximum Gasteiger partial charge on any atom is 0.436 e.